The Morgan fingerprint density at radius 1 is 0.812 bits per heavy atom. The van der Waals surface area contributed by atoms with Crippen molar-refractivity contribution in [1.82, 2.24) is 19.8 Å². The van der Waals surface area contributed by atoms with E-state index in [2.05, 4.69) is 108 Å². The van der Waals surface area contributed by atoms with Crippen molar-refractivity contribution in [3.05, 3.63) is 125 Å². The minimum absolute atomic E-state index is 0.00592. The van der Waals surface area contributed by atoms with Crippen molar-refractivity contribution < 1.29 is 14.3 Å². The number of aromatic nitrogens is 2. The molecule has 1 N–H and O–H groups in total. The van der Waals surface area contributed by atoms with E-state index < -0.39 is 23.3 Å². The Morgan fingerprint density at radius 3 is 1.79 bits per heavy atom. The third-order valence-corrected chi connectivity index (χ3v) is 10.1. The zero-order valence-corrected chi connectivity index (χ0v) is 28.9. The second-order valence-corrected chi connectivity index (χ2v) is 14.5. The van der Waals surface area contributed by atoms with Gasteiger partial charge in [-0.25, -0.2) is 9.78 Å². The molecular weight excluding hydrogens is 596 g/mol. The fourth-order valence-electron chi connectivity index (χ4n) is 7.55. The van der Waals surface area contributed by atoms with E-state index in [9.17, 15) is 9.59 Å². The third-order valence-electron chi connectivity index (χ3n) is 10.1. The first kappa shape index (κ1) is 33.5. The largest absolute Gasteiger partial charge is 0.444 e. The van der Waals surface area contributed by atoms with Crippen LogP contribution in [0.25, 0.3) is 0 Å². The van der Waals surface area contributed by atoms with Crippen LogP contribution >= 0.6 is 0 Å². The molecule has 48 heavy (non-hydrogen) atoms. The van der Waals surface area contributed by atoms with Gasteiger partial charge in [-0.3, -0.25) is 4.79 Å². The first-order valence-electron chi connectivity index (χ1n) is 17.6. The zero-order valence-electron chi connectivity index (χ0n) is 28.9. The van der Waals surface area contributed by atoms with Gasteiger partial charge in [-0.1, -0.05) is 91.0 Å². The average Bonchev–Trinajstić information content (AvgIpc) is 3.88. The molecule has 3 aromatic carbocycles. The lowest BCUT2D eigenvalue weighted by Crippen LogP contribution is -2.51. The Hall–Kier alpha value is -4.39. The minimum atomic E-state index is -0.646. The summed E-state index contributed by atoms with van der Waals surface area (Å²) in [5.74, 6) is 1.58. The lowest BCUT2D eigenvalue weighted by Gasteiger charge is -2.38. The van der Waals surface area contributed by atoms with Crippen LogP contribution in [-0.2, 0) is 21.5 Å². The molecule has 7 heteroatoms. The summed E-state index contributed by atoms with van der Waals surface area (Å²) < 4.78 is 7.88. The van der Waals surface area contributed by atoms with E-state index in [1.54, 1.807) is 0 Å². The van der Waals surface area contributed by atoms with Gasteiger partial charge in [-0.2, -0.15) is 0 Å². The van der Waals surface area contributed by atoms with Crippen LogP contribution in [0.5, 0.6) is 0 Å². The van der Waals surface area contributed by atoms with Gasteiger partial charge in [0.2, 0.25) is 5.91 Å². The molecule has 2 aliphatic rings. The number of nitrogens with one attached hydrogen (secondary N) is 1. The minimum Gasteiger partial charge on any atom is -0.444 e. The number of carbonyl (C=O) groups is 2. The molecule has 1 saturated heterocycles. The molecule has 1 aromatic heterocycles. The number of carbonyl (C=O) groups excluding carboxylic acids is 2. The molecule has 4 aromatic rings. The summed E-state index contributed by atoms with van der Waals surface area (Å²) in [6.07, 6.45) is 8.06. The van der Waals surface area contributed by atoms with E-state index in [4.69, 9.17) is 9.72 Å². The predicted octanol–water partition coefficient (Wildman–Crippen LogP) is 7.90. The lowest BCUT2D eigenvalue weighted by atomic mass is 9.76. The number of ether oxygens (including phenoxy) is 1. The molecule has 1 saturated carbocycles. The van der Waals surface area contributed by atoms with Crippen LogP contribution in [-0.4, -0.2) is 51.2 Å². The van der Waals surface area contributed by atoms with E-state index in [1.165, 1.54) is 12.8 Å². The molecule has 1 aliphatic heterocycles. The summed E-state index contributed by atoms with van der Waals surface area (Å²) in [7, 11) is 0. The summed E-state index contributed by atoms with van der Waals surface area (Å²) >= 11 is 0. The second-order valence-electron chi connectivity index (χ2n) is 14.5. The Labute approximate surface area is 285 Å². The molecule has 0 radical (unpaired) electrons. The lowest BCUT2D eigenvalue weighted by molar-refractivity contribution is -0.135. The van der Waals surface area contributed by atoms with Gasteiger partial charge in [-0.05, 0) is 101 Å². The monoisotopic (exact) mass is 646 g/mol. The van der Waals surface area contributed by atoms with E-state index in [0.29, 0.717) is 19.3 Å². The fraction of sp³-hybridized carbons (Fsp3) is 0.439. The van der Waals surface area contributed by atoms with Crippen LogP contribution in [0.2, 0.25) is 0 Å². The van der Waals surface area contributed by atoms with Gasteiger partial charge >= 0.3 is 6.09 Å². The molecule has 2 amide bonds. The summed E-state index contributed by atoms with van der Waals surface area (Å²) in [5.41, 5.74) is 4.20. The van der Waals surface area contributed by atoms with Gasteiger partial charge in [0.25, 0.3) is 0 Å². The maximum Gasteiger partial charge on any atom is 0.408 e. The highest BCUT2D eigenvalue weighted by Crippen LogP contribution is 2.43. The van der Waals surface area contributed by atoms with Crippen molar-refractivity contribution in [3.8, 4) is 0 Å². The molecule has 252 valence electrons. The maximum atomic E-state index is 13.8. The van der Waals surface area contributed by atoms with Crippen LogP contribution in [0.4, 0.5) is 4.79 Å². The van der Waals surface area contributed by atoms with Crippen LogP contribution in [0.15, 0.2) is 97.3 Å². The fourth-order valence-corrected chi connectivity index (χ4v) is 7.55. The van der Waals surface area contributed by atoms with Gasteiger partial charge in [0.15, 0.2) is 0 Å². The summed E-state index contributed by atoms with van der Waals surface area (Å²) in [6.45, 7) is 9.17. The van der Waals surface area contributed by atoms with E-state index >= 15 is 0 Å². The van der Waals surface area contributed by atoms with Crippen LogP contribution in [0.1, 0.15) is 87.4 Å². The van der Waals surface area contributed by atoms with E-state index in [1.807, 2.05) is 32.0 Å². The average molecular weight is 647 g/mol. The maximum absolute atomic E-state index is 13.8. The zero-order chi connectivity index (χ0) is 33.7. The Bertz CT molecular complexity index is 1550. The Kier molecular flexibility index (Phi) is 10.0. The number of aryl methyl sites for hydroxylation is 1. The highest BCUT2D eigenvalue weighted by Gasteiger charge is 2.40. The van der Waals surface area contributed by atoms with Crippen molar-refractivity contribution in [2.45, 2.75) is 89.8 Å². The number of hydrogen-bond acceptors (Lipinski definition) is 4. The van der Waals surface area contributed by atoms with Gasteiger partial charge in [-0.15, -0.1) is 0 Å². The van der Waals surface area contributed by atoms with Gasteiger partial charge in [0.05, 0.1) is 12.0 Å². The first-order valence-corrected chi connectivity index (χ1v) is 17.6. The van der Waals surface area contributed by atoms with Gasteiger partial charge in [0.1, 0.15) is 17.2 Å². The van der Waals surface area contributed by atoms with Crippen LogP contribution < -0.4 is 5.32 Å². The number of nitrogens with zero attached hydrogens (tertiary/aromatic N) is 3. The molecule has 0 bridgehead atoms. The SMILES string of the molecule is Cc1c(CCC[C@H](NC(=O)OC(C)(C)C)C(=O)N2CCC(C3CC3)CC2)ncn1C(c1ccccc1)(c1ccccc1)c1ccccc1. The van der Waals surface area contributed by atoms with E-state index in [0.717, 1.165) is 65.8 Å². The van der Waals surface area contributed by atoms with Crippen molar-refractivity contribution in [1.29, 1.82) is 0 Å². The highest BCUT2D eigenvalue weighted by molar-refractivity contribution is 5.85. The second kappa shape index (κ2) is 14.4. The Balaban J connectivity index is 1.25. The van der Waals surface area contributed by atoms with Crippen molar-refractivity contribution in [2.24, 2.45) is 11.8 Å². The molecule has 2 heterocycles. The number of likely N-dealkylation sites (tertiary alicyclic amines) is 1. The molecule has 0 spiro atoms. The topological polar surface area (TPSA) is 76.5 Å². The number of benzene rings is 3. The van der Waals surface area contributed by atoms with Gasteiger partial charge < -0.3 is 19.5 Å². The number of rotatable bonds is 11. The molecule has 1 atom stereocenters. The number of alkyl carbamates (subject to hydrolysis) is 1. The number of hydrogen-bond donors (Lipinski definition) is 1. The molecule has 1 aliphatic carbocycles. The van der Waals surface area contributed by atoms with Gasteiger partial charge in [0, 0.05) is 18.8 Å². The normalized spacial score (nSPS) is 16.4. The van der Waals surface area contributed by atoms with Crippen molar-refractivity contribution >= 4 is 12.0 Å². The first-order chi connectivity index (χ1) is 23.2. The number of amides is 2. The number of piperidine rings is 1. The summed E-state index contributed by atoms with van der Waals surface area (Å²) in [6, 6.07) is 31.2. The molecule has 0 unspecified atom stereocenters. The molecule has 2 fully saturated rings. The van der Waals surface area contributed by atoms with Crippen molar-refractivity contribution in [2.75, 3.05) is 13.1 Å². The standard InChI is InChI=1S/C41H50N4O3/c1-30-36(21-14-22-37(43-39(47)48-40(2,3)4)38(46)44-27-25-32(26-28-44)31-23-24-31)42-29-45(30)41(33-15-8-5-9-16-33,34-17-10-6-11-18-34)35-19-12-7-13-20-35/h5-13,15-20,29,31-32,37H,14,21-28H2,1-4H3,(H,43,47)/t37-/m0/s1. The molecule has 7 nitrogen and oxygen atoms in total. The number of imidazole rings is 1. The Morgan fingerprint density at radius 2 is 1.31 bits per heavy atom. The summed E-state index contributed by atoms with van der Waals surface area (Å²) in [4.78, 5) is 33.7. The predicted molar refractivity (Wildman–Crippen MR) is 190 cm³/mol. The highest BCUT2D eigenvalue weighted by atomic mass is 16.6. The molecule has 6 rings (SSSR count). The quantitative estimate of drug-likeness (QED) is 0.168. The van der Waals surface area contributed by atoms with Crippen molar-refractivity contribution in [3.63, 3.8) is 0 Å². The third kappa shape index (κ3) is 7.35. The van der Waals surface area contributed by atoms with Crippen LogP contribution in [0, 0.1) is 18.8 Å². The smallest absolute Gasteiger partial charge is 0.408 e. The summed E-state index contributed by atoms with van der Waals surface area (Å²) in [5, 5.41) is 2.93. The van der Waals surface area contributed by atoms with E-state index in [-0.39, 0.29) is 5.91 Å². The van der Waals surface area contributed by atoms with Crippen LogP contribution in [0.3, 0.4) is 0 Å². The molecular formula is C41H50N4O3.